The number of piperazine rings is 1. The van der Waals surface area contributed by atoms with Gasteiger partial charge in [-0.05, 0) is 26.7 Å². The first-order valence-corrected chi connectivity index (χ1v) is 7.94. The van der Waals surface area contributed by atoms with Crippen LogP contribution in [0.2, 0.25) is 0 Å². The van der Waals surface area contributed by atoms with Crippen molar-refractivity contribution in [3.05, 3.63) is 11.9 Å². The average molecular weight is 305 g/mol. The number of carbonyl (C=O) groups excluding carboxylic acids is 1. The van der Waals surface area contributed by atoms with E-state index in [1.807, 2.05) is 19.9 Å². The lowest BCUT2D eigenvalue weighted by Gasteiger charge is -2.34. The molecule has 7 heteroatoms. The third-order valence-corrected chi connectivity index (χ3v) is 3.88. The highest BCUT2D eigenvalue weighted by atomic mass is 16.6. The number of amides is 1. The molecule has 1 saturated carbocycles. The van der Waals surface area contributed by atoms with Crippen LogP contribution in [-0.2, 0) is 4.74 Å². The van der Waals surface area contributed by atoms with E-state index in [1.54, 1.807) is 4.90 Å². The highest BCUT2D eigenvalue weighted by Gasteiger charge is 2.24. The first-order valence-electron chi connectivity index (χ1n) is 7.94. The van der Waals surface area contributed by atoms with E-state index in [0.717, 1.165) is 30.5 Å². The molecule has 0 bridgehead atoms. The van der Waals surface area contributed by atoms with Crippen LogP contribution < -0.4 is 10.2 Å². The van der Waals surface area contributed by atoms with Crippen LogP contribution in [0.25, 0.3) is 0 Å². The van der Waals surface area contributed by atoms with Gasteiger partial charge in [0.05, 0.1) is 6.61 Å². The Labute approximate surface area is 130 Å². The molecule has 0 atom stereocenters. The molecule has 0 spiro atoms. The van der Waals surface area contributed by atoms with Crippen LogP contribution in [0.15, 0.2) is 6.07 Å². The van der Waals surface area contributed by atoms with E-state index in [9.17, 15) is 4.79 Å². The minimum atomic E-state index is -0.225. The van der Waals surface area contributed by atoms with Crippen molar-refractivity contribution in [2.75, 3.05) is 43.0 Å². The van der Waals surface area contributed by atoms with Crippen LogP contribution >= 0.6 is 0 Å². The number of aryl methyl sites for hydroxylation is 1. The molecule has 22 heavy (non-hydrogen) atoms. The molecular weight excluding hydrogens is 282 g/mol. The second-order valence-corrected chi connectivity index (χ2v) is 5.75. The quantitative estimate of drug-likeness (QED) is 0.912. The van der Waals surface area contributed by atoms with Crippen molar-refractivity contribution in [2.24, 2.45) is 0 Å². The van der Waals surface area contributed by atoms with Gasteiger partial charge in [0, 0.05) is 38.3 Å². The second kappa shape index (κ2) is 6.37. The zero-order chi connectivity index (χ0) is 15.5. The Morgan fingerprint density at radius 3 is 2.68 bits per heavy atom. The highest BCUT2D eigenvalue weighted by Crippen LogP contribution is 2.25. The molecule has 3 rings (SSSR count). The van der Waals surface area contributed by atoms with E-state index in [4.69, 9.17) is 4.74 Å². The molecule has 1 amide bonds. The van der Waals surface area contributed by atoms with Gasteiger partial charge in [-0.1, -0.05) is 0 Å². The largest absolute Gasteiger partial charge is 0.450 e. The molecule has 7 nitrogen and oxygen atoms in total. The summed E-state index contributed by atoms with van der Waals surface area (Å²) in [5.74, 6) is 2.60. The van der Waals surface area contributed by atoms with Crippen LogP contribution in [0.3, 0.4) is 0 Å². The first kappa shape index (κ1) is 14.9. The van der Waals surface area contributed by atoms with Crippen molar-refractivity contribution in [2.45, 2.75) is 32.7 Å². The van der Waals surface area contributed by atoms with Gasteiger partial charge in [0.25, 0.3) is 0 Å². The van der Waals surface area contributed by atoms with Gasteiger partial charge in [-0.15, -0.1) is 0 Å². The standard InChI is InChI=1S/C15H23N5O2/c1-3-22-15(21)20-8-6-19(7-9-20)14-10-13(16-11(2)17-14)18-12-4-5-12/h10,12H,3-9H2,1-2H3,(H,16,17,18). The summed E-state index contributed by atoms with van der Waals surface area (Å²) in [7, 11) is 0. The van der Waals surface area contributed by atoms with E-state index < -0.39 is 0 Å². The summed E-state index contributed by atoms with van der Waals surface area (Å²) in [6, 6.07) is 2.58. The maximum Gasteiger partial charge on any atom is 0.409 e. The Bertz CT molecular complexity index is 539. The molecule has 1 aromatic rings. The molecule has 2 heterocycles. The lowest BCUT2D eigenvalue weighted by atomic mass is 10.3. The van der Waals surface area contributed by atoms with E-state index in [0.29, 0.717) is 25.7 Å². The smallest absolute Gasteiger partial charge is 0.409 e. The van der Waals surface area contributed by atoms with Crippen molar-refractivity contribution >= 4 is 17.7 Å². The summed E-state index contributed by atoms with van der Waals surface area (Å²) in [5.41, 5.74) is 0. The number of rotatable bonds is 4. The molecule has 1 saturated heterocycles. The molecule has 1 aliphatic carbocycles. The molecule has 0 unspecified atom stereocenters. The monoisotopic (exact) mass is 305 g/mol. The molecule has 1 aliphatic heterocycles. The number of hydrogen-bond acceptors (Lipinski definition) is 6. The summed E-state index contributed by atoms with van der Waals surface area (Å²) >= 11 is 0. The van der Waals surface area contributed by atoms with E-state index in [2.05, 4.69) is 20.2 Å². The molecule has 1 aromatic heterocycles. The first-order chi connectivity index (χ1) is 10.7. The number of nitrogens with zero attached hydrogens (tertiary/aromatic N) is 4. The van der Waals surface area contributed by atoms with Crippen LogP contribution in [0.5, 0.6) is 0 Å². The van der Waals surface area contributed by atoms with Gasteiger partial charge >= 0.3 is 6.09 Å². The zero-order valence-corrected chi connectivity index (χ0v) is 13.2. The summed E-state index contributed by atoms with van der Waals surface area (Å²) in [6.07, 6.45) is 2.21. The van der Waals surface area contributed by atoms with Gasteiger partial charge in [0.1, 0.15) is 17.5 Å². The Kier molecular flexibility index (Phi) is 4.31. The number of ether oxygens (including phenoxy) is 1. The van der Waals surface area contributed by atoms with Gasteiger partial charge in [0.15, 0.2) is 0 Å². The van der Waals surface area contributed by atoms with Crippen LogP contribution in [0.1, 0.15) is 25.6 Å². The van der Waals surface area contributed by atoms with Crippen molar-refractivity contribution < 1.29 is 9.53 Å². The minimum Gasteiger partial charge on any atom is -0.450 e. The average Bonchev–Trinajstić information content (AvgIpc) is 3.31. The summed E-state index contributed by atoms with van der Waals surface area (Å²) < 4.78 is 5.04. The third-order valence-electron chi connectivity index (χ3n) is 3.88. The van der Waals surface area contributed by atoms with Crippen molar-refractivity contribution in [3.8, 4) is 0 Å². The fourth-order valence-corrected chi connectivity index (χ4v) is 2.56. The van der Waals surface area contributed by atoms with Crippen LogP contribution in [0, 0.1) is 6.92 Å². The Hall–Kier alpha value is -2.05. The van der Waals surface area contributed by atoms with Gasteiger partial charge < -0.3 is 19.9 Å². The minimum absolute atomic E-state index is 0.225. The van der Waals surface area contributed by atoms with Crippen LogP contribution in [0.4, 0.5) is 16.4 Å². The van der Waals surface area contributed by atoms with Gasteiger partial charge in [-0.3, -0.25) is 0 Å². The second-order valence-electron chi connectivity index (χ2n) is 5.75. The van der Waals surface area contributed by atoms with Crippen molar-refractivity contribution in [3.63, 3.8) is 0 Å². The number of aromatic nitrogens is 2. The molecule has 2 aliphatic rings. The zero-order valence-electron chi connectivity index (χ0n) is 13.2. The number of nitrogens with one attached hydrogen (secondary N) is 1. The van der Waals surface area contributed by atoms with E-state index in [-0.39, 0.29) is 6.09 Å². The molecule has 120 valence electrons. The van der Waals surface area contributed by atoms with E-state index in [1.165, 1.54) is 12.8 Å². The SMILES string of the molecule is CCOC(=O)N1CCN(c2cc(NC3CC3)nc(C)n2)CC1. The van der Waals surface area contributed by atoms with Gasteiger partial charge in [-0.25, -0.2) is 14.8 Å². The maximum absolute atomic E-state index is 11.7. The Morgan fingerprint density at radius 1 is 1.32 bits per heavy atom. The van der Waals surface area contributed by atoms with E-state index >= 15 is 0 Å². The fourth-order valence-electron chi connectivity index (χ4n) is 2.56. The van der Waals surface area contributed by atoms with Gasteiger partial charge in [0.2, 0.25) is 0 Å². The van der Waals surface area contributed by atoms with Crippen molar-refractivity contribution in [1.82, 2.24) is 14.9 Å². The van der Waals surface area contributed by atoms with Crippen molar-refractivity contribution in [1.29, 1.82) is 0 Å². The summed E-state index contributed by atoms with van der Waals surface area (Å²) in [4.78, 5) is 24.6. The number of hydrogen-bond donors (Lipinski definition) is 1. The van der Waals surface area contributed by atoms with Crippen LogP contribution in [-0.4, -0.2) is 59.8 Å². The Morgan fingerprint density at radius 2 is 2.05 bits per heavy atom. The molecule has 0 aromatic carbocycles. The maximum atomic E-state index is 11.7. The normalized spacial score (nSPS) is 18.3. The predicted molar refractivity (Wildman–Crippen MR) is 84.2 cm³/mol. The third kappa shape index (κ3) is 3.58. The Balaban J connectivity index is 1.62. The number of anilines is 2. The lowest BCUT2D eigenvalue weighted by molar-refractivity contribution is 0.105. The molecule has 0 radical (unpaired) electrons. The highest BCUT2D eigenvalue weighted by molar-refractivity contribution is 5.68. The van der Waals surface area contributed by atoms with Gasteiger partial charge in [-0.2, -0.15) is 0 Å². The predicted octanol–water partition coefficient (Wildman–Crippen LogP) is 1.64. The fraction of sp³-hybridized carbons (Fsp3) is 0.667. The molecule has 2 fully saturated rings. The lowest BCUT2D eigenvalue weighted by Crippen LogP contribution is -2.49. The molecule has 1 N–H and O–H groups in total. The summed E-state index contributed by atoms with van der Waals surface area (Å²) in [5, 5.41) is 3.42. The number of carbonyl (C=O) groups is 1. The summed E-state index contributed by atoms with van der Waals surface area (Å²) in [6.45, 7) is 7.00. The topological polar surface area (TPSA) is 70.6 Å². The molecular formula is C15H23N5O2.